The molecule has 1 amide bonds. The highest BCUT2D eigenvalue weighted by atomic mass is 16.4. The molecule has 0 bridgehead atoms. The SMILES string of the molecule is Nc1cncc(-c2ccccc2)c1.O=CNCCC(=O)O.c1cc2c(nc1CCCN1CCCCC1)NCCC2. The van der Waals surface area contributed by atoms with Crippen LogP contribution >= 0.6 is 0 Å². The summed E-state index contributed by atoms with van der Waals surface area (Å²) in [5.74, 6) is 0.237. The zero-order chi connectivity index (χ0) is 28.4. The number of carboxylic acids is 1. The number of anilines is 2. The first-order chi connectivity index (χ1) is 19.5. The number of aliphatic carboxylic acids is 1. The van der Waals surface area contributed by atoms with Crippen molar-refractivity contribution in [2.24, 2.45) is 0 Å². The van der Waals surface area contributed by atoms with Gasteiger partial charge in [-0.15, -0.1) is 0 Å². The van der Waals surface area contributed by atoms with E-state index in [1.807, 2.05) is 42.6 Å². The number of nitrogens with zero attached hydrogens (tertiary/aromatic N) is 3. The average Bonchev–Trinajstić information content (AvgIpc) is 2.99. The average molecular weight is 547 g/mol. The molecule has 1 aromatic carbocycles. The van der Waals surface area contributed by atoms with Crippen molar-refractivity contribution < 1.29 is 14.7 Å². The van der Waals surface area contributed by atoms with Crippen LogP contribution in [0.25, 0.3) is 11.1 Å². The third-order valence-corrected chi connectivity index (χ3v) is 6.74. The van der Waals surface area contributed by atoms with Gasteiger partial charge in [-0.1, -0.05) is 42.8 Å². The number of aryl methyl sites for hydroxylation is 2. The number of benzene rings is 1. The highest BCUT2D eigenvalue weighted by Crippen LogP contribution is 2.21. The fraction of sp³-hybridized carbons (Fsp3) is 0.419. The molecule has 2 aromatic heterocycles. The van der Waals surface area contributed by atoms with E-state index < -0.39 is 5.97 Å². The molecule has 0 radical (unpaired) electrons. The van der Waals surface area contributed by atoms with Crippen LogP contribution in [0, 0.1) is 0 Å². The van der Waals surface area contributed by atoms with Crippen molar-refractivity contribution in [3.05, 3.63) is 72.2 Å². The fourth-order valence-electron chi connectivity index (χ4n) is 4.66. The lowest BCUT2D eigenvalue weighted by atomic mass is 10.1. The number of nitrogens with two attached hydrogens (primary N) is 1. The number of nitrogens with one attached hydrogen (secondary N) is 2. The number of hydrogen-bond donors (Lipinski definition) is 4. The third kappa shape index (κ3) is 11.4. The monoisotopic (exact) mass is 546 g/mol. The predicted molar refractivity (Wildman–Crippen MR) is 160 cm³/mol. The van der Waals surface area contributed by atoms with E-state index in [4.69, 9.17) is 15.8 Å². The summed E-state index contributed by atoms with van der Waals surface area (Å²) in [5, 5.41) is 13.6. The first-order valence-electron chi connectivity index (χ1n) is 14.1. The van der Waals surface area contributed by atoms with Gasteiger partial charge >= 0.3 is 5.97 Å². The van der Waals surface area contributed by atoms with Crippen molar-refractivity contribution in [3.63, 3.8) is 0 Å². The largest absolute Gasteiger partial charge is 0.481 e. The summed E-state index contributed by atoms with van der Waals surface area (Å²) in [6, 6.07) is 16.5. The molecule has 1 fully saturated rings. The van der Waals surface area contributed by atoms with Crippen molar-refractivity contribution in [2.45, 2.75) is 51.4 Å². The number of amides is 1. The van der Waals surface area contributed by atoms with E-state index in [1.165, 1.54) is 69.4 Å². The number of rotatable bonds is 9. The van der Waals surface area contributed by atoms with E-state index in [9.17, 15) is 9.59 Å². The minimum Gasteiger partial charge on any atom is -0.481 e. The number of likely N-dealkylation sites (tertiary alicyclic amines) is 1. The number of carboxylic acid groups (broad SMARTS) is 1. The summed E-state index contributed by atoms with van der Waals surface area (Å²) >= 11 is 0. The van der Waals surface area contributed by atoms with Gasteiger partial charge in [0.05, 0.1) is 12.1 Å². The molecular weight excluding hydrogens is 504 g/mol. The van der Waals surface area contributed by atoms with Crippen molar-refractivity contribution in [1.29, 1.82) is 0 Å². The molecule has 9 nitrogen and oxygen atoms in total. The number of carbonyl (C=O) groups excluding carboxylic acids is 1. The molecule has 0 spiro atoms. The van der Waals surface area contributed by atoms with Gasteiger partial charge < -0.3 is 26.4 Å². The molecule has 9 heteroatoms. The molecule has 5 N–H and O–H groups in total. The van der Waals surface area contributed by atoms with Crippen LogP contribution in [0.1, 0.15) is 49.8 Å². The molecule has 0 atom stereocenters. The van der Waals surface area contributed by atoms with Crippen molar-refractivity contribution in [1.82, 2.24) is 20.2 Å². The smallest absolute Gasteiger partial charge is 0.305 e. The molecule has 2 aliphatic heterocycles. The predicted octanol–water partition coefficient (Wildman–Crippen LogP) is 4.40. The van der Waals surface area contributed by atoms with Crippen LogP contribution in [-0.2, 0) is 22.4 Å². The Morgan fingerprint density at radius 3 is 2.58 bits per heavy atom. The Morgan fingerprint density at radius 2 is 1.85 bits per heavy atom. The van der Waals surface area contributed by atoms with E-state index in [0.29, 0.717) is 12.1 Å². The standard InChI is InChI=1S/C16H25N3.C11H10N2.C4H7NO3/c1-2-11-19(12-3-1)13-5-7-15-9-8-14-6-4-10-17-16(14)18-15;12-11-6-10(7-13-8-11)9-4-2-1-3-5-9;6-3-5-2-1-4(7)8/h8-9H,1-7,10-13H2,(H,17,18);1-8H,12H2;3H,1-2H2,(H,5,6)(H,7,8). The topological polar surface area (TPSA) is 133 Å². The zero-order valence-electron chi connectivity index (χ0n) is 23.2. The van der Waals surface area contributed by atoms with Crippen LogP contribution in [0.3, 0.4) is 0 Å². The van der Waals surface area contributed by atoms with Crippen molar-refractivity contribution in [2.75, 3.05) is 43.8 Å². The lowest BCUT2D eigenvalue weighted by Crippen LogP contribution is -2.30. The number of pyridine rings is 2. The number of piperidine rings is 1. The van der Waals surface area contributed by atoms with Gasteiger partial charge in [0.15, 0.2) is 0 Å². The Balaban J connectivity index is 0.000000182. The lowest BCUT2D eigenvalue weighted by Gasteiger charge is -2.26. The van der Waals surface area contributed by atoms with Gasteiger partial charge in [0.2, 0.25) is 6.41 Å². The number of hydrogen-bond acceptors (Lipinski definition) is 7. The normalized spacial score (nSPS) is 14.2. The van der Waals surface area contributed by atoms with Gasteiger partial charge in [0.1, 0.15) is 5.82 Å². The Bertz CT molecular complexity index is 1170. The van der Waals surface area contributed by atoms with E-state index in [1.54, 1.807) is 6.20 Å². The maximum Gasteiger partial charge on any atom is 0.305 e. The highest BCUT2D eigenvalue weighted by Gasteiger charge is 2.12. The molecule has 0 unspecified atom stereocenters. The molecular formula is C31H42N6O3. The summed E-state index contributed by atoms with van der Waals surface area (Å²) in [5.41, 5.74) is 11.2. The van der Waals surface area contributed by atoms with E-state index >= 15 is 0 Å². The van der Waals surface area contributed by atoms with Crippen LogP contribution in [0.5, 0.6) is 0 Å². The van der Waals surface area contributed by atoms with Crippen LogP contribution < -0.4 is 16.4 Å². The van der Waals surface area contributed by atoms with Gasteiger partial charge in [0, 0.05) is 36.7 Å². The zero-order valence-corrected chi connectivity index (χ0v) is 23.2. The Kier molecular flexibility index (Phi) is 13.4. The van der Waals surface area contributed by atoms with Crippen molar-refractivity contribution in [3.8, 4) is 11.1 Å². The second-order valence-electron chi connectivity index (χ2n) is 9.94. The van der Waals surface area contributed by atoms with E-state index in [2.05, 4.69) is 32.7 Å². The second kappa shape index (κ2) is 17.6. The van der Waals surface area contributed by atoms with Crippen LogP contribution in [0.15, 0.2) is 60.9 Å². The lowest BCUT2D eigenvalue weighted by molar-refractivity contribution is -0.136. The number of fused-ring (bicyclic) bond motifs is 1. The first kappa shape index (κ1) is 30.6. The second-order valence-corrected chi connectivity index (χ2v) is 9.94. The van der Waals surface area contributed by atoms with Gasteiger partial charge in [-0.3, -0.25) is 14.6 Å². The molecule has 214 valence electrons. The Morgan fingerprint density at radius 1 is 1.05 bits per heavy atom. The van der Waals surface area contributed by atoms with E-state index in [-0.39, 0.29) is 13.0 Å². The number of nitrogen functional groups attached to an aromatic ring is 1. The maximum atomic E-state index is 9.72. The van der Waals surface area contributed by atoms with E-state index in [0.717, 1.165) is 29.9 Å². The molecule has 3 aromatic rings. The summed E-state index contributed by atoms with van der Waals surface area (Å²) in [6.07, 6.45) is 12.9. The molecule has 5 rings (SSSR count). The molecule has 2 aliphatic rings. The highest BCUT2D eigenvalue weighted by molar-refractivity contribution is 5.67. The molecule has 40 heavy (non-hydrogen) atoms. The molecule has 1 saturated heterocycles. The third-order valence-electron chi connectivity index (χ3n) is 6.74. The van der Waals surface area contributed by atoms with Gasteiger partial charge in [-0.25, -0.2) is 4.98 Å². The van der Waals surface area contributed by atoms with Gasteiger partial charge in [-0.05, 0) is 81.4 Å². The van der Waals surface area contributed by atoms with Crippen molar-refractivity contribution >= 4 is 23.9 Å². The minimum atomic E-state index is -0.903. The summed E-state index contributed by atoms with van der Waals surface area (Å²) in [7, 11) is 0. The van der Waals surface area contributed by atoms with Gasteiger partial charge in [0.25, 0.3) is 0 Å². The van der Waals surface area contributed by atoms with Gasteiger partial charge in [-0.2, -0.15) is 0 Å². The number of carbonyl (C=O) groups is 2. The Labute approximate surface area is 237 Å². The first-order valence-corrected chi connectivity index (χ1v) is 14.1. The van der Waals surface area contributed by atoms with Crippen LogP contribution in [-0.4, -0.2) is 65.1 Å². The molecule has 0 aliphatic carbocycles. The molecule has 0 saturated carbocycles. The summed E-state index contributed by atoms with van der Waals surface area (Å²) in [6.45, 7) is 5.14. The maximum absolute atomic E-state index is 9.72. The van der Waals surface area contributed by atoms with Crippen LogP contribution in [0.4, 0.5) is 11.5 Å². The van der Waals surface area contributed by atoms with Crippen LogP contribution in [0.2, 0.25) is 0 Å². The summed E-state index contributed by atoms with van der Waals surface area (Å²) < 4.78 is 0. The quantitative estimate of drug-likeness (QED) is 0.229. The number of aromatic nitrogens is 2. The fourth-order valence-corrected chi connectivity index (χ4v) is 4.66. The summed E-state index contributed by atoms with van der Waals surface area (Å²) in [4.78, 5) is 30.6. The minimum absolute atomic E-state index is 0.0151. The Hall–Kier alpha value is -3.98. The molecule has 4 heterocycles.